The fourth-order valence-electron chi connectivity index (χ4n) is 3.99. The Kier molecular flexibility index (Phi) is 5.98. The highest BCUT2D eigenvalue weighted by molar-refractivity contribution is 5.92. The Balaban J connectivity index is 1.96. The Bertz CT molecular complexity index is 793. The third-order valence-corrected chi connectivity index (χ3v) is 5.90. The monoisotopic (exact) mass is 404 g/mol. The van der Waals surface area contributed by atoms with Crippen molar-refractivity contribution >= 4 is 17.9 Å². The maximum atomic E-state index is 12.5. The summed E-state index contributed by atoms with van der Waals surface area (Å²) in [5, 5.41) is 0. The molecule has 0 saturated carbocycles. The zero-order valence-corrected chi connectivity index (χ0v) is 17.4. The molecule has 2 saturated heterocycles. The van der Waals surface area contributed by atoms with Crippen LogP contribution >= 0.6 is 0 Å². The summed E-state index contributed by atoms with van der Waals surface area (Å²) >= 11 is 0. The van der Waals surface area contributed by atoms with Crippen LogP contribution in [0.3, 0.4) is 0 Å². The van der Waals surface area contributed by atoms with Crippen LogP contribution in [0.25, 0.3) is 0 Å². The summed E-state index contributed by atoms with van der Waals surface area (Å²) in [5.41, 5.74) is 1.05. The van der Waals surface area contributed by atoms with Crippen molar-refractivity contribution in [3.63, 3.8) is 0 Å². The smallest absolute Gasteiger partial charge is 0.334 e. The lowest BCUT2D eigenvalue weighted by molar-refractivity contribution is -0.151. The van der Waals surface area contributed by atoms with Gasteiger partial charge < -0.3 is 18.9 Å². The zero-order valence-electron chi connectivity index (χ0n) is 17.4. The zero-order chi connectivity index (χ0) is 21.3. The molecule has 0 bridgehead atoms. The van der Waals surface area contributed by atoms with E-state index in [1.807, 2.05) is 13.0 Å². The van der Waals surface area contributed by atoms with Gasteiger partial charge in [-0.2, -0.15) is 0 Å². The summed E-state index contributed by atoms with van der Waals surface area (Å²) in [5.74, 6) is -1.89. The number of fused-ring (bicyclic) bond motifs is 2. The maximum absolute atomic E-state index is 12.5. The fourth-order valence-corrected chi connectivity index (χ4v) is 3.99. The van der Waals surface area contributed by atoms with E-state index < -0.39 is 41.6 Å². The molecular formula is C22H28O7. The minimum absolute atomic E-state index is 0.0745. The highest BCUT2D eigenvalue weighted by Crippen LogP contribution is 2.48. The van der Waals surface area contributed by atoms with E-state index in [9.17, 15) is 14.4 Å². The normalized spacial score (nSPS) is 36.1. The predicted octanol–water partition coefficient (Wildman–Crippen LogP) is 2.79. The largest absolute Gasteiger partial charge is 0.463 e. The molecule has 0 radical (unpaired) electrons. The van der Waals surface area contributed by atoms with Crippen LogP contribution in [-0.4, -0.2) is 48.4 Å². The molecule has 3 aliphatic rings. The molecule has 2 heterocycles. The van der Waals surface area contributed by atoms with Crippen molar-refractivity contribution in [3.8, 4) is 0 Å². The van der Waals surface area contributed by atoms with Gasteiger partial charge in [0.25, 0.3) is 0 Å². The molecule has 7 heteroatoms. The number of hydrogen-bond acceptors (Lipinski definition) is 7. The Morgan fingerprint density at radius 1 is 1.38 bits per heavy atom. The lowest BCUT2D eigenvalue weighted by Crippen LogP contribution is -2.39. The molecule has 7 nitrogen and oxygen atoms in total. The first-order valence-electron chi connectivity index (χ1n) is 9.89. The van der Waals surface area contributed by atoms with Crippen LogP contribution in [0.1, 0.15) is 47.0 Å². The van der Waals surface area contributed by atoms with Crippen molar-refractivity contribution in [3.05, 3.63) is 35.5 Å². The molecule has 2 fully saturated rings. The molecule has 0 amide bonds. The van der Waals surface area contributed by atoms with Crippen molar-refractivity contribution in [2.24, 2.45) is 5.92 Å². The number of hydrogen-bond donors (Lipinski definition) is 0. The molecule has 29 heavy (non-hydrogen) atoms. The van der Waals surface area contributed by atoms with Gasteiger partial charge in [0, 0.05) is 24.5 Å². The summed E-state index contributed by atoms with van der Waals surface area (Å²) in [6, 6.07) is 0. The third kappa shape index (κ3) is 4.45. The van der Waals surface area contributed by atoms with Gasteiger partial charge >= 0.3 is 17.9 Å². The second kappa shape index (κ2) is 8.14. The van der Waals surface area contributed by atoms with Gasteiger partial charge in [0.1, 0.15) is 24.4 Å². The van der Waals surface area contributed by atoms with Crippen molar-refractivity contribution in [1.29, 1.82) is 0 Å². The van der Waals surface area contributed by atoms with Crippen LogP contribution in [0.2, 0.25) is 0 Å². The standard InChI is InChI=1S/C22H28O7/c1-6-13(3)20(24)28-17-10-22(11-26-15(5)23)18(29-22)8-7-12(2)9-16-19(17)14(4)21(25)27-16/h6,9,16-19H,4,7-8,10-11H2,1-3,5H3/b12-9-,13-6-/t16-,17-,18-,19+,22+/m1/s1. The van der Waals surface area contributed by atoms with E-state index in [1.165, 1.54) is 6.92 Å². The first-order chi connectivity index (χ1) is 13.7. The molecule has 0 aromatic carbocycles. The minimum atomic E-state index is -0.742. The summed E-state index contributed by atoms with van der Waals surface area (Å²) < 4.78 is 22.6. The molecule has 0 aromatic heterocycles. The van der Waals surface area contributed by atoms with Crippen molar-refractivity contribution in [1.82, 2.24) is 0 Å². The lowest BCUT2D eigenvalue weighted by Gasteiger charge is -2.29. The summed E-state index contributed by atoms with van der Waals surface area (Å²) in [7, 11) is 0. The Hall–Kier alpha value is -2.41. The van der Waals surface area contributed by atoms with Gasteiger partial charge in [0.05, 0.1) is 12.0 Å². The Morgan fingerprint density at radius 2 is 2.10 bits per heavy atom. The molecule has 2 aliphatic heterocycles. The summed E-state index contributed by atoms with van der Waals surface area (Å²) in [4.78, 5) is 36.2. The second-order valence-corrected chi connectivity index (χ2v) is 8.04. The maximum Gasteiger partial charge on any atom is 0.334 e. The number of ether oxygens (including phenoxy) is 4. The van der Waals surface area contributed by atoms with Gasteiger partial charge in [-0.05, 0) is 39.7 Å². The van der Waals surface area contributed by atoms with Crippen molar-refractivity contribution in [2.75, 3.05) is 6.61 Å². The van der Waals surface area contributed by atoms with Gasteiger partial charge in [0.15, 0.2) is 0 Å². The molecule has 158 valence electrons. The van der Waals surface area contributed by atoms with Gasteiger partial charge in [-0.1, -0.05) is 18.2 Å². The highest BCUT2D eigenvalue weighted by atomic mass is 16.6. The van der Waals surface area contributed by atoms with E-state index in [4.69, 9.17) is 18.9 Å². The Morgan fingerprint density at radius 3 is 2.76 bits per heavy atom. The van der Waals surface area contributed by atoms with E-state index >= 15 is 0 Å². The Labute approximate surface area is 170 Å². The number of epoxide rings is 1. The van der Waals surface area contributed by atoms with Crippen LogP contribution in [0.15, 0.2) is 35.5 Å². The number of rotatable bonds is 4. The quantitative estimate of drug-likeness (QED) is 0.234. The van der Waals surface area contributed by atoms with E-state index in [1.54, 1.807) is 19.9 Å². The minimum Gasteiger partial charge on any atom is -0.463 e. The van der Waals surface area contributed by atoms with Crippen molar-refractivity contribution < 1.29 is 33.3 Å². The predicted molar refractivity (Wildman–Crippen MR) is 104 cm³/mol. The number of carbonyl (C=O) groups is 3. The molecule has 5 atom stereocenters. The molecule has 1 aliphatic carbocycles. The van der Waals surface area contributed by atoms with Gasteiger partial charge in [-0.3, -0.25) is 4.79 Å². The van der Waals surface area contributed by atoms with Gasteiger partial charge in [-0.15, -0.1) is 0 Å². The highest BCUT2D eigenvalue weighted by Gasteiger charge is 2.60. The first-order valence-corrected chi connectivity index (χ1v) is 9.89. The number of allylic oxidation sites excluding steroid dienone is 2. The topological polar surface area (TPSA) is 91.4 Å². The summed E-state index contributed by atoms with van der Waals surface area (Å²) in [6.45, 7) is 10.7. The van der Waals surface area contributed by atoms with Gasteiger partial charge in [-0.25, -0.2) is 9.59 Å². The van der Waals surface area contributed by atoms with Gasteiger partial charge in [0.2, 0.25) is 0 Å². The lowest BCUT2D eigenvalue weighted by atomic mass is 9.82. The first kappa shape index (κ1) is 21.3. The van der Waals surface area contributed by atoms with Crippen LogP contribution in [0, 0.1) is 5.92 Å². The van der Waals surface area contributed by atoms with Crippen LogP contribution in [-0.2, 0) is 33.3 Å². The molecular weight excluding hydrogens is 376 g/mol. The van der Waals surface area contributed by atoms with Crippen LogP contribution < -0.4 is 0 Å². The second-order valence-electron chi connectivity index (χ2n) is 8.04. The number of carbonyl (C=O) groups excluding carboxylic acids is 3. The SMILES string of the molecule is C=C1C(=O)O[C@@H]2/C=C(/C)CC[C@H]3O[C@]3(COC(C)=O)C[C@@H](OC(=O)/C(C)=C\C)[C@@H]12. The average Bonchev–Trinajstić information content (AvgIpc) is 3.28. The van der Waals surface area contributed by atoms with E-state index in [2.05, 4.69) is 6.58 Å². The fraction of sp³-hybridized carbons (Fsp3) is 0.591. The van der Waals surface area contributed by atoms with Crippen molar-refractivity contribution in [2.45, 2.75) is 70.9 Å². The van der Waals surface area contributed by atoms with E-state index in [-0.39, 0.29) is 24.7 Å². The molecule has 0 aromatic rings. The molecule has 0 N–H and O–H groups in total. The molecule has 3 rings (SSSR count). The van der Waals surface area contributed by atoms with E-state index in [0.29, 0.717) is 5.57 Å². The van der Waals surface area contributed by atoms with Crippen LogP contribution in [0.4, 0.5) is 0 Å². The van der Waals surface area contributed by atoms with Crippen LogP contribution in [0.5, 0.6) is 0 Å². The average molecular weight is 404 g/mol. The molecule has 0 spiro atoms. The number of esters is 3. The van der Waals surface area contributed by atoms with E-state index in [0.717, 1.165) is 18.4 Å². The third-order valence-electron chi connectivity index (χ3n) is 5.90. The molecule has 0 unspecified atom stereocenters. The summed E-state index contributed by atoms with van der Waals surface area (Å²) in [6.07, 6.45) is 4.00.